The van der Waals surface area contributed by atoms with E-state index in [0.717, 1.165) is 5.92 Å². The van der Waals surface area contributed by atoms with E-state index in [-0.39, 0.29) is 0 Å². The molecule has 0 radical (unpaired) electrons. The van der Waals surface area contributed by atoms with Crippen molar-refractivity contribution in [3.05, 3.63) is 35.5 Å². The summed E-state index contributed by atoms with van der Waals surface area (Å²) in [5.74, 6) is 1.45. The summed E-state index contributed by atoms with van der Waals surface area (Å²) in [6.07, 6.45) is 13.2. The van der Waals surface area contributed by atoms with Crippen molar-refractivity contribution >= 4 is 0 Å². The monoisotopic (exact) mass is 174 g/mol. The highest BCUT2D eigenvalue weighted by Gasteiger charge is 2.20. The summed E-state index contributed by atoms with van der Waals surface area (Å²) in [5.41, 5.74) is 3.27. The van der Waals surface area contributed by atoms with Crippen molar-refractivity contribution < 1.29 is 0 Å². The molecule has 0 aromatic rings. The Morgan fingerprint density at radius 3 is 2.92 bits per heavy atom. The molecule has 0 heterocycles. The summed E-state index contributed by atoms with van der Waals surface area (Å²) < 4.78 is 0. The van der Waals surface area contributed by atoms with Gasteiger partial charge in [0, 0.05) is 5.92 Å². The third-order valence-corrected chi connectivity index (χ3v) is 3.12. The van der Waals surface area contributed by atoms with Gasteiger partial charge in [-0.2, -0.15) is 0 Å². The molecule has 0 N–H and O–H groups in total. The molecule has 0 heteroatoms. The second kappa shape index (κ2) is 3.53. The molecular formula is C13H18. The first-order chi connectivity index (χ1) is 6.29. The molecule has 0 bridgehead atoms. The molecule has 2 aliphatic carbocycles. The molecule has 0 saturated carbocycles. The summed E-state index contributed by atoms with van der Waals surface area (Å²) in [6.45, 7) is 4.61. The maximum atomic E-state index is 2.39. The molecule has 70 valence electrons. The Labute approximate surface area is 81.0 Å². The summed E-state index contributed by atoms with van der Waals surface area (Å²) in [4.78, 5) is 0. The fourth-order valence-electron chi connectivity index (χ4n) is 2.36. The Morgan fingerprint density at radius 1 is 1.31 bits per heavy atom. The Kier molecular flexibility index (Phi) is 2.39. The maximum Gasteiger partial charge on any atom is 0.00206 e. The van der Waals surface area contributed by atoms with Crippen LogP contribution in [-0.4, -0.2) is 0 Å². The first-order valence-electron chi connectivity index (χ1n) is 5.35. The Balaban J connectivity index is 2.35. The standard InChI is InChI=1S/C13H18/c1-10(2)12-9-5-7-11-6-3-4-8-13(11)12/h4-5,7-8,10-11H,3,6,9H2,1-2H3. The van der Waals surface area contributed by atoms with Crippen molar-refractivity contribution in [2.75, 3.05) is 0 Å². The van der Waals surface area contributed by atoms with Crippen LogP contribution in [-0.2, 0) is 0 Å². The zero-order valence-electron chi connectivity index (χ0n) is 8.59. The van der Waals surface area contributed by atoms with Gasteiger partial charge < -0.3 is 0 Å². The van der Waals surface area contributed by atoms with Gasteiger partial charge in [0.15, 0.2) is 0 Å². The number of fused-ring (bicyclic) bond motifs is 1. The molecule has 0 aromatic heterocycles. The largest absolute Gasteiger partial charge is 0.0842 e. The lowest BCUT2D eigenvalue weighted by molar-refractivity contribution is 0.623. The van der Waals surface area contributed by atoms with E-state index in [2.05, 4.69) is 38.2 Å². The molecule has 1 unspecified atom stereocenters. The average molecular weight is 174 g/mol. The van der Waals surface area contributed by atoms with Gasteiger partial charge >= 0.3 is 0 Å². The minimum absolute atomic E-state index is 0.713. The number of allylic oxidation sites excluding steroid dienone is 6. The summed E-state index contributed by atoms with van der Waals surface area (Å²) in [7, 11) is 0. The second-order valence-corrected chi connectivity index (χ2v) is 4.35. The maximum absolute atomic E-state index is 2.39. The third kappa shape index (κ3) is 1.63. The van der Waals surface area contributed by atoms with Gasteiger partial charge in [-0.15, -0.1) is 0 Å². The van der Waals surface area contributed by atoms with Gasteiger partial charge in [-0.1, -0.05) is 43.7 Å². The molecule has 2 rings (SSSR count). The van der Waals surface area contributed by atoms with Gasteiger partial charge in [0.25, 0.3) is 0 Å². The molecule has 2 aliphatic rings. The van der Waals surface area contributed by atoms with E-state index in [9.17, 15) is 0 Å². The van der Waals surface area contributed by atoms with Crippen LogP contribution < -0.4 is 0 Å². The van der Waals surface area contributed by atoms with Crippen molar-refractivity contribution in [2.24, 2.45) is 11.8 Å². The van der Waals surface area contributed by atoms with E-state index in [1.165, 1.54) is 19.3 Å². The first kappa shape index (κ1) is 8.80. The van der Waals surface area contributed by atoms with Crippen molar-refractivity contribution in [3.63, 3.8) is 0 Å². The number of hydrogen-bond donors (Lipinski definition) is 0. The molecule has 0 spiro atoms. The lowest BCUT2D eigenvalue weighted by Gasteiger charge is -2.27. The second-order valence-electron chi connectivity index (χ2n) is 4.35. The highest BCUT2D eigenvalue weighted by atomic mass is 14.2. The Bertz CT molecular complexity index is 276. The van der Waals surface area contributed by atoms with Gasteiger partial charge in [-0.3, -0.25) is 0 Å². The van der Waals surface area contributed by atoms with Crippen molar-refractivity contribution in [1.29, 1.82) is 0 Å². The molecular weight excluding hydrogens is 156 g/mol. The first-order valence-corrected chi connectivity index (χ1v) is 5.35. The molecule has 0 aliphatic heterocycles. The Hall–Kier alpha value is -0.780. The number of hydrogen-bond acceptors (Lipinski definition) is 0. The van der Waals surface area contributed by atoms with E-state index < -0.39 is 0 Å². The van der Waals surface area contributed by atoms with Crippen LogP contribution in [0.4, 0.5) is 0 Å². The third-order valence-electron chi connectivity index (χ3n) is 3.12. The fourth-order valence-corrected chi connectivity index (χ4v) is 2.36. The highest BCUT2D eigenvalue weighted by molar-refractivity contribution is 5.38. The molecule has 13 heavy (non-hydrogen) atoms. The zero-order valence-corrected chi connectivity index (χ0v) is 8.59. The van der Waals surface area contributed by atoms with Gasteiger partial charge in [0.1, 0.15) is 0 Å². The summed E-state index contributed by atoms with van der Waals surface area (Å²) in [6, 6.07) is 0. The fraction of sp³-hybridized carbons (Fsp3) is 0.538. The molecule has 0 aromatic carbocycles. The minimum Gasteiger partial charge on any atom is -0.0842 e. The smallest absolute Gasteiger partial charge is 0.00206 e. The highest BCUT2D eigenvalue weighted by Crippen LogP contribution is 2.35. The Morgan fingerprint density at radius 2 is 2.15 bits per heavy atom. The van der Waals surface area contributed by atoms with Gasteiger partial charge in [0.2, 0.25) is 0 Å². The number of rotatable bonds is 1. The van der Waals surface area contributed by atoms with Crippen LogP contribution in [0.3, 0.4) is 0 Å². The zero-order chi connectivity index (χ0) is 9.26. The van der Waals surface area contributed by atoms with E-state index in [1.807, 2.05) is 0 Å². The molecule has 0 amide bonds. The van der Waals surface area contributed by atoms with Crippen molar-refractivity contribution in [3.8, 4) is 0 Å². The quantitative estimate of drug-likeness (QED) is 0.529. The molecule has 0 fully saturated rings. The van der Waals surface area contributed by atoms with Crippen LogP contribution in [0.15, 0.2) is 35.5 Å². The van der Waals surface area contributed by atoms with E-state index in [0.29, 0.717) is 5.92 Å². The van der Waals surface area contributed by atoms with E-state index in [4.69, 9.17) is 0 Å². The molecule has 0 saturated heterocycles. The predicted molar refractivity (Wildman–Crippen MR) is 57.5 cm³/mol. The minimum atomic E-state index is 0.713. The van der Waals surface area contributed by atoms with Crippen LogP contribution in [0, 0.1) is 11.8 Å². The predicted octanol–water partition coefficient (Wildman–Crippen LogP) is 3.87. The lowest BCUT2D eigenvalue weighted by atomic mass is 9.78. The van der Waals surface area contributed by atoms with Gasteiger partial charge in [-0.25, -0.2) is 0 Å². The van der Waals surface area contributed by atoms with Crippen LogP contribution in [0.1, 0.15) is 33.1 Å². The van der Waals surface area contributed by atoms with E-state index in [1.54, 1.807) is 11.1 Å². The SMILES string of the molecule is CC(C)C1=C2C=CCCC2C=CC1. The average Bonchev–Trinajstić information content (AvgIpc) is 2.17. The van der Waals surface area contributed by atoms with Gasteiger partial charge in [0.05, 0.1) is 0 Å². The van der Waals surface area contributed by atoms with E-state index >= 15 is 0 Å². The normalized spacial score (nSPS) is 26.8. The van der Waals surface area contributed by atoms with Gasteiger partial charge in [-0.05, 0) is 30.8 Å². The van der Waals surface area contributed by atoms with Crippen molar-refractivity contribution in [2.45, 2.75) is 33.1 Å². The summed E-state index contributed by atoms with van der Waals surface area (Å²) in [5, 5.41) is 0. The molecule has 0 nitrogen and oxygen atoms in total. The van der Waals surface area contributed by atoms with Crippen LogP contribution in [0.2, 0.25) is 0 Å². The molecule has 1 atom stereocenters. The van der Waals surface area contributed by atoms with Crippen molar-refractivity contribution in [1.82, 2.24) is 0 Å². The van der Waals surface area contributed by atoms with Crippen LogP contribution in [0.5, 0.6) is 0 Å². The van der Waals surface area contributed by atoms with Crippen LogP contribution >= 0.6 is 0 Å². The lowest BCUT2D eigenvalue weighted by Crippen LogP contribution is -2.12. The topological polar surface area (TPSA) is 0 Å². The summed E-state index contributed by atoms with van der Waals surface area (Å²) >= 11 is 0. The van der Waals surface area contributed by atoms with Crippen LogP contribution in [0.25, 0.3) is 0 Å².